The normalized spacial score (nSPS) is 10.6. The summed E-state index contributed by atoms with van der Waals surface area (Å²) >= 11 is 0. The lowest BCUT2D eigenvalue weighted by Gasteiger charge is -2.05. The monoisotopic (exact) mass is 371 g/mol. The molecule has 7 heteroatoms. The summed E-state index contributed by atoms with van der Waals surface area (Å²) in [5, 5.41) is 6.14. The van der Waals surface area contributed by atoms with Crippen LogP contribution in [0, 0.1) is 5.82 Å². The van der Waals surface area contributed by atoms with Crippen LogP contribution in [0.5, 0.6) is 5.75 Å². The predicted molar refractivity (Wildman–Crippen MR) is 102 cm³/mol. The van der Waals surface area contributed by atoms with Crippen molar-refractivity contribution >= 4 is 23.7 Å². The molecule has 0 heterocycles. The summed E-state index contributed by atoms with van der Waals surface area (Å²) in [6, 6.07) is 13.0. The first-order valence-corrected chi connectivity index (χ1v) is 8.67. The minimum absolute atomic E-state index is 0.0278. The highest BCUT2D eigenvalue weighted by Crippen LogP contribution is 2.13. The van der Waals surface area contributed by atoms with Gasteiger partial charge in [-0.3, -0.25) is 9.59 Å². The highest BCUT2D eigenvalue weighted by Gasteiger charge is 2.10. The second-order valence-corrected chi connectivity index (χ2v) is 5.77. The average Bonchev–Trinajstić information content (AvgIpc) is 2.65. The van der Waals surface area contributed by atoms with Crippen LogP contribution < -0.4 is 15.5 Å². The van der Waals surface area contributed by atoms with Crippen LogP contribution >= 0.6 is 0 Å². The predicted octanol–water partition coefficient (Wildman–Crippen LogP) is 3.48. The van der Waals surface area contributed by atoms with E-state index in [0.29, 0.717) is 6.61 Å². The van der Waals surface area contributed by atoms with Crippen molar-refractivity contribution in [3.63, 3.8) is 0 Å². The van der Waals surface area contributed by atoms with Crippen LogP contribution in [0.1, 0.15) is 31.7 Å². The van der Waals surface area contributed by atoms with Crippen LogP contribution in [0.4, 0.5) is 10.1 Å². The van der Waals surface area contributed by atoms with Gasteiger partial charge in [-0.05, 0) is 48.4 Å². The molecule has 27 heavy (non-hydrogen) atoms. The smallest absolute Gasteiger partial charge is 0.249 e. The molecule has 0 bridgehead atoms. The van der Waals surface area contributed by atoms with Gasteiger partial charge in [0.25, 0.3) is 0 Å². The van der Waals surface area contributed by atoms with Crippen molar-refractivity contribution in [3.05, 3.63) is 59.9 Å². The van der Waals surface area contributed by atoms with E-state index in [-0.39, 0.29) is 5.69 Å². The number of amides is 2. The van der Waals surface area contributed by atoms with Gasteiger partial charge in [0.2, 0.25) is 11.8 Å². The van der Waals surface area contributed by atoms with Crippen molar-refractivity contribution < 1.29 is 18.7 Å². The van der Waals surface area contributed by atoms with E-state index < -0.39 is 24.1 Å². The van der Waals surface area contributed by atoms with Crippen LogP contribution in [0.2, 0.25) is 0 Å². The van der Waals surface area contributed by atoms with Crippen LogP contribution in [0.25, 0.3) is 0 Å². The molecule has 142 valence electrons. The summed E-state index contributed by atoms with van der Waals surface area (Å²) in [5.41, 5.74) is 3.06. The van der Waals surface area contributed by atoms with E-state index in [4.69, 9.17) is 4.74 Å². The van der Waals surface area contributed by atoms with Gasteiger partial charge in [-0.15, -0.1) is 0 Å². The SMILES string of the molecule is CCCCOc1ccc(C=NNC(=O)CC(=O)Nc2ccccc2F)cc1. The molecule has 0 atom stereocenters. The Bertz CT molecular complexity index is 791. The van der Waals surface area contributed by atoms with Gasteiger partial charge < -0.3 is 10.1 Å². The fourth-order valence-corrected chi connectivity index (χ4v) is 2.11. The Morgan fingerprint density at radius 2 is 1.85 bits per heavy atom. The average molecular weight is 371 g/mol. The first-order valence-electron chi connectivity index (χ1n) is 8.67. The maximum atomic E-state index is 13.4. The third-order valence-electron chi connectivity index (χ3n) is 3.52. The van der Waals surface area contributed by atoms with Crippen molar-refractivity contribution in [3.8, 4) is 5.75 Å². The van der Waals surface area contributed by atoms with Gasteiger partial charge in [-0.25, -0.2) is 9.82 Å². The molecule has 2 amide bonds. The third kappa shape index (κ3) is 7.27. The number of carbonyl (C=O) groups is 2. The first kappa shape index (κ1) is 20.1. The van der Waals surface area contributed by atoms with Crippen LogP contribution in [0.15, 0.2) is 53.6 Å². The van der Waals surface area contributed by atoms with Gasteiger partial charge in [-0.2, -0.15) is 5.10 Å². The van der Waals surface area contributed by atoms with E-state index in [0.717, 1.165) is 24.2 Å². The van der Waals surface area contributed by atoms with Crippen molar-refractivity contribution in [1.29, 1.82) is 0 Å². The van der Waals surface area contributed by atoms with Crippen molar-refractivity contribution in [2.45, 2.75) is 26.2 Å². The summed E-state index contributed by atoms with van der Waals surface area (Å²) in [7, 11) is 0. The molecule has 2 aromatic carbocycles. The molecule has 0 aliphatic rings. The first-order chi connectivity index (χ1) is 13.1. The molecule has 0 saturated carbocycles. The van der Waals surface area contributed by atoms with Crippen molar-refractivity contribution in [2.24, 2.45) is 5.10 Å². The van der Waals surface area contributed by atoms with Gasteiger partial charge in [-0.1, -0.05) is 25.5 Å². The highest BCUT2D eigenvalue weighted by molar-refractivity contribution is 6.03. The molecule has 0 aromatic heterocycles. The number of hydrazone groups is 1. The minimum atomic E-state index is -0.624. The number of nitrogens with zero attached hydrogens (tertiary/aromatic N) is 1. The maximum absolute atomic E-state index is 13.4. The second kappa shape index (κ2) is 10.7. The fraction of sp³-hybridized carbons (Fsp3) is 0.250. The standard InChI is InChI=1S/C20H22FN3O3/c1-2-3-12-27-16-10-8-15(9-11-16)14-22-24-20(26)13-19(25)23-18-7-5-4-6-17(18)21/h4-11,14H,2-3,12-13H2,1H3,(H,23,25)(H,24,26). The molecule has 0 saturated heterocycles. The zero-order chi connectivity index (χ0) is 19.5. The molecule has 6 nitrogen and oxygen atoms in total. The molecule has 2 N–H and O–H groups in total. The lowest BCUT2D eigenvalue weighted by atomic mass is 10.2. The van der Waals surface area contributed by atoms with Crippen molar-refractivity contribution in [2.75, 3.05) is 11.9 Å². The minimum Gasteiger partial charge on any atom is -0.494 e. The van der Waals surface area contributed by atoms with E-state index in [2.05, 4.69) is 22.8 Å². The van der Waals surface area contributed by atoms with E-state index in [1.165, 1.54) is 24.4 Å². The molecule has 0 spiro atoms. The van der Waals surface area contributed by atoms with Gasteiger partial charge in [0.15, 0.2) is 0 Å². The number of rotatable bonds is 9. The van der Waals surface area contributed by atoms with Gasteiger partial charge in [0.05, 0.1) is 18.5 Å². The number of unbranched alkanes of at least 4 members (excludes halogenated alkanes) is 1. The molecule has 0 radical (unpaired) electrons. The van der Waals surface area contributed by atoms with Gasteiger partial charge in [0, 0.05) is 0 Å². The summed E-state index contributed by atoms with van der Waals surface area (Å²) in [6.07, 6.45) is 3.07. The summed E-state index contributed by atoms with van der Waals surface area (Å²) in [5.74, 6) is -1.01. The Labute approximate surface area is 157 Å². The second-order valence-electron chi connectivity index (χ2n) is 5.77. The fourth-order valence-electron chi connectivity index (χ4n) is 2.11. The number of anilines is 1. The zero-order valence-electron chi connectivity index (χ0n) is 15.1. The Hall–Kier alpha value is -3.22. The van der Waals surface area contributed by atoms with Crippen LogP contribution in [-0.2, 0) is 9.59 Å². The van der Waals surface area contributed by atoms with E-state index in [1.54, 1.807) is 6.07 Å². The molecule has 0 aliphatic heterocycles. The van der Waals surface area contributed by atoms with Gasteiger partial charge in [0.1, 0.15) is 18.0 Å². The largest absolute Gasteiger partial charge is 0.494 e. The molecule has 2 rings (SSSR count). The molecule has 2 aromatic rings. The van der Waals surface area contributed by atoms with E-state index in [1.807, 2.05) is 24.3 Å². The van der Waals surface area contributed by atoms with E-state index >= 15 is 0 Å². The quantitative estimate of drug-likeness (QED) is 0.306. The topological polar surface area (TPSA) is 79.8 Å². The Kier molecular flexibility index (Phi) is 7.96. The third-order valence-corrected chi connectivity index (χ3v) is 3.52. The highest BCUT2D eigenvalue weighted by atomic mass is 19.1. The molecule has 0 unspecified atom stereocenters. The van der Waals surface area contributed by atoms with Crippen molar-refractivity contribution in [1.82, 2.24) is 5.43 Å². The number of ether oxygens (including phenoxy) is 1. The Balaban J connectivity index is 1.76. The number of hydrogen-bond donors (Lipinski definition) is 2. The van der Waals surface area contributed by atoms with E-state index in [9.17, 15) is 14.0 Å². The molecule has 0 aliphatic carbocycles. The van der Waals surface area contributed by atoms with Gasteiger partial charge >= 0.3 is 0 Å². The van der Waals surface area contributed by atoms with Crippen LogP contribution in [0.3, 0.4) is 0 Å². The molecular weight excluding hydrogens is 349 g/mol. The Morgan fingerprint density at radius 3 is 2.56 bits per heavy atom. The maximum Gasteiger partial charge on any atom is 0.249 e. The number of nitrogens with one attached hydrogen (secondary N) is 2. The summed E-state index contributed by atoms with van der Waals surface area (Å²) in [4.78, 5) is 23.5. The number of para-hydroxylation sites is 1. The lowest BCUT2D eigenvalue weighted by Crippen LogP contribution is -2.24. The summed E-state index contributed by atoms with van der Waals surface area (Å²) < 4.78 is 19.0. The Morgan fingerprint density at radius 1 is 1.11 bits per heavy atom. The molecular formula is C20H22FN3O3. The lowest BCUT2D eigenvalue weighted by molar-refractivity contribution is -0.126. The summed E-state index contributed by atoms with van der Waals surface area (Å²) in [6.45, 7) is 2.77. The number of carbonyl (C=O) groups excluding carboxylic acids is 2. The molecule has 0 fully saturated rings. The number of hydrogen-bond acceptors (Lipinski definition) is 4. The number of benzene rings is 2. The zero-order valence-corrected chi connectivity index (χ0v) is 15.1. The number of halogens is 1. The van der Waals surface area contributed by atoms with Crippen LogP contribution in [-0.4, -0.2) is 24.6 Å².